The molecule has 4 aromatic rings. The second kappa shape index (κ2) is 10.1. The topological polar surface area (TPSA) is 89.5 Å². The Morgan fingerprint density at radius 2 is 2.17 bits per heavy atom. The first-order chi connectivity index (χ1) is 17.1. The van der Waals surface area contributed by atoms with Gasteiger partial charge in [-0.05, 0) is 48.7 Å². The van der Waals surface area contributed by atoms with Crippen molar-refractivity contribution in [1.82, 2.24) is 19.9 Å². The Morgan fingerprint density at radius 3 is 2.91 bits per heavy atom. The van der Waals surface area contributed by atoms with Gasteiger partial charge < -0.3 is 19.7 Å². The van der Waals surface area contributed by atoms with Gasteiger partial charge in [-0.25, -0.2) is 14.8 Å². The van der Waals surface area contributed by atoms with Gasteiger partial charge in [0.2, 0.25) is 0 Å². The van der Waals surface area contributed by atoms with E-state index < -0.39 is 0 Å². The second-order valence-electron chi connectivity index (χ2n) is 8.01. The van der Waals surface area contributed by atoms with Gasteiger partial charge in [0, 0.05) is 35.9 Å². The van der Waals surface area contributed by atoms with E-state index in [2.05, 4.69) is 10.3 Å². The van der Waals surface area contributed by atoms with E-state index in [0.717, 1.165) is 32.0 Å². The maximum absolute atomic E-state index is 12.3. The number of rotatable bonds is 6. The molecule has 1 aliphatic rings. The molecule has 180 valence electrons. The molecule has 0 saturated heterocycles. The zero-order valence-electron chi connectivity index (χ0n) is 19.4. The zero-order chi connectivity index (χ0) is 24.4. The Balaban J connectivity index is 1.53. The van der Waals surface area contributed by atoms with Crippen LogP contribution in [0.25, 0.3) is 21.6 Å². The van der Waals surface area contributed by atoms with Crippen LogP contribution in [0.5, 0.6) is 5.75 Å². The van der Waals surface area contributed by atoms with E-state index in [0.29, 0.717) is 49.3 Å². The van der Waals surface area contributed by atoms with Crippen LogP contribution in [0, 0.1) is 0 Å². The van der Waals surface area contributed by atoms with E-state index in [-0.39, 0.29) is 6.09 Å². The Morgan fingerprint density at radius 1 is 1.29 bits per heavy atom. The first-order valence-corrected chi connectivity index (χ1v) is 12.5. The molecule has 1 aromatic carbocycles. The van der Waals surface area contributed by atoms with Crippen molar-refractivity contribution in [2.24, 2.45) is 0 Å². The van der Waals surface area contributed by atoms with Gasteiger partial charge in [0.15, 0.2) is 5.82 Å². The number of carbonyl (C=O) groups excluding carboxylic acids is 1. The number of halogens is 1. The summed E-state index contributed by atoms with van der Waals surface area (Å²) in [5.41, 5.74) is 3.02. The quantitative estimate of drug-likeness (QED) is 0.365. The first kappa shape index (κ1) is 23.3. The third-order valence-electron chi connectivity index (χ3n) is 5.82. The SMILES string of the molecule is CCOC(=O)N1CCc2c(sc3nc(-c4cccnc4)nc(NCc4ccc(OC)c(Cl)c4)c23)C1. The van der Waals surface area contributed by atoms with E-state index in [1.807, 2.05) is 37.3 Å². The molecule has 1 N–H and O–H groups in total. The largest absolute Gasteiger partial charge is 0.495 e. The standard InChI is InChI=1S/C25H24ClN5O3S/c1-3-34-25(32)31-10-8-17-20(14-31)35-24-21(17)23(29-22(30-24)16-5-4-9-27-13-16)28-12-15-6-7-19(33-2)18(26)11-15/h4-7,9,11,13H,3,8,10,12,14H2,1-2H3,(H,28,29,30). The van der Waals surface area contributed by atoms with Crippen LogP contribution < -0.4 is 10.1 Å². The normalized spacial score (nSPS) is 12.9. The highest BCUT2D eigenvalue weighted by Crippen LogP contribution is 2.39. The van der Waals surface area contributed by atoms with Gasteiger partial charge in [-0.2, -0.15) is 0 Å². The minimum atomic E-state index is -0.285. The zero-order valence-corrected chi connectivity index (χ0v) is 20.9. The van der Waals surface area contributed by atoms with Crippen LogP contribution in [-0.4, -0.2) is 46.2 Å². The van der Waals surface area contributed by atoms with Crippen molar-refractivity contribution >= 4 is 45.1 Å². The number of benzene rings is 1. The van der Waals surface area contributed by atoms with Crippen LogP contribution in [0.2, 0.25) is 5.02 Å². The Labute approximate surface area is 211 Å². The minimum absolute atomic E-state index is 0.285. The van der Waals surface area contributed by atoms with E-state index in [4.69, 9.17) is 31.0 Å². The third kappa shape index (κ3) is 4.74. The molecule has 5 rings (SSSR count). The monoisotopic (exact) mass is 509 g/mol. The number of carbonyl (C=O) groups is 1. The van der Waals surface area contributed by atoms with Crippen LogP contribution in [-0.2, 0) is 24.2 Å². The maximum Gasteiger partial charge on any atom is 0.410 e. The Hall–Kier alpha value is -3.43. The number of hydrogen-bond acceptors (Lipinski definition) is 8. The number of anilines is 1. The van der Waals surface area contributed by atoms with Gasteiger partial charge in [-0.1, -0.05) is 17.7 Å². The number of fused-ring (bicyclic) bond motifs is 3. The molecular weight excluding hydrogens is 486 g/mol. The van der Waals surface area contributed by atoms with Gasteiger partial charge >= 0.3 is 6.09 Å². The molecule has 1 aliphatic heterocycles. The van der Waals surface area contributed by atoms with Gasteiger partial charge in [0.25, 0.3) is 0 Å². The fraction of sp³-hybridized carbons (Fsp3) is 0.280. The molecule has 0 fully saturated rings. The number of nitrogens with zero attached hydrogens (tertiary/aromatic N) is 4. The van der Waals surface area contributed by atoms with Crippen LogP contribution in [0.15, 0.2) is 42.7 Å². The summed E-state index contributed by atoms with van der Waals surface area (Å²) in [7, 11) is 1.60. The molecule has 10 heteroatoms. The predicted molar refractivity (Wildman–Crippen MR) is 137 cm³/mol. The summed E-state index contributed by atoms with van der Waals surface area (Å²) in [6, 6.07) is 9.52. The Bertz CT molecular complexity index is 1380. The van der Waals surface area contributed by atoms with Crippen molar-refractivity contribution in [1.29, 1.82) is 0 Å². The molecule has 4 heterocycles. The lowest BCUT2D eigenvalue weighted by Crippen LogP contribution is -2.35. The van der Waals surface area contributed by atoms with Gasteiger partial charge in [0.05, 0.1) is 30.7 Å². The Kier molecular flexibility index (Phi) is 6.70. The molecule has 0 saturated carbocycles. The highest BCUT2D eigenvalue weighted by atomic mass is 35.5. The average Bonchev–Trinajstić information content (AvgIpc) is 3.26. The highest BCUT2D eigenvalue weighted by Gasteiger charge is 2.27. The van der Waals surface area contributed by atoms with Gasteiger partial charge in [0.1, 0.15) is 16.4 Å². The highest BCUT2D eigenvalue weighted by molar-refractivity contribution is 7.19. The number of ether oxygens (including phenoxy) is 2. The van der Waals surface area contributed by atoms with Crippen molar-refractivity contribution in [3.8, 4) is 17.1 Å². The number of thiophene rings is 1. The van der Waals surface area contributed by atoms with Gasteiger partial charge in [-0.15, -0.1) is 11.3 Å². The van der Waals surface area contributed by atoms with Crippen molar-refractivity contribution in [2.75, 3.05) is 25.6 Å². The number of aromatic nitrogens is 3. The summed E-state index contributed by atoms with van der Waals surface area (Å²) < 4.78 is 10.5. The smallest absolute Gasteiger partial charge is 0.410 e. The fourth-order valence-corrected chi connectivity index (χ4v) is 5.64. The van der Waals surface area contributed by atoms with E-state index in [1.165, 1.54) is 5.56 Å². The average molecular weight is 510 g/mol. The summed E-state index contributed by atoms with van der Waals surface area (Å²) in [6.45, 7) is 3.80. The lowest BCUT2D eigenvalue weighted by Gasteiger charge is -2.26. The molecule has 35 heavy (non-hydrogen) atoms. The number of amides is 1. The summed E-state index contributed by atoms with van der Waals surface area (Å²) >= 11 is 7.92. The second-order valence-corrected chi connectivity index (χ2v) is 9.51. The van der Waals surface area contributed by atoms with Crippen LogP contribution >= 0.6 is 22.9 Å². The molecule has 0 spiro atoms. The molecule has 0 radical (unpaired) electrons. The molecule has 0 aliphatic carbocycles. The van der Waals surface area contributed by atoms with E-state index in [1.54, 1.807) is 35.7 Å². The predicted octanol–water partition coefficient (Wildman–Crippen LogP) is 5.54. The van der Waals surface area contributed by atoms with Crippen LogP contribution in [0.4, 0.5) is 10.6 Å². The number of hydrogen-bond donors (Lipinski definition) is 1. The first-order valence-electron chi connectivity index (χ1n) is 11.3. The minimum Gasteiger partial charge on any atom is -0.495 e. The summed E-state index contributed by atoms with van der Waals surface area (Å²) in [6.07, 6.45) is 3.91. The summed E-state index contributed by atoms with van der Waals surface area (Å²) in [4.78, 5) is 30.0. The molecule has 0 bridgehead atoms. The molecule has 1 amide bonds. The molecule has 3 aromatic heterocycles. The number of nitrogens with one attached hydrogen (secondary N) is 1. The third-order valence-corrected chi connectivity index (χ3v) is 7.23. The maximum atomic E-state index is 12.3. The van der Waals surface area contributed by atoms with Crippen molar-refractivity contribution in [2.45, 2.75) is 26.4 Å². The van der Waals surface area contributed by atoms with Crippen LogP contribution in [0.3, 0.4) is 0 Å². The molecule has 0 unspecified atom stereocenters. The molecular formula is C25H24ClN5O3S. The van der Waals surface area contributed by atoms with E-state index in [9.17, 15) is 4.79 Å². The van der Waals surface area contributed by atoms with Crippen molar-refractivity contribution in [3.05, 3.63) is 63.8 Å². The van der Waals surface area contributed by atoms with E-state index >= 15 is 0 Å². The lowest BCUT2D eigenvalue weighted by molar-refractivity contribution is 0.103. The summed E-state index contributed by atoms with van der Waals surface area (Å²) in [5, 5.41) is 5.06. The van der Waals surface area contributed by atoms with Gasteiger partial charge in [-0.3, -0.25) is 4.98 Å². The molecule has 0 atom stereocenters. The molecule has 8 nitrogen and oxygen atoms in total. The summed E-state index contributed by atoms with van der Waals surface area (Å²) in [5.74, 6) is 1.99. The van der Waals surface area contributed by atoms with Crippen LogP contribution in [0.1, 0.15) is 22.9 Å². The van der Waals surface area contributed by atoms with Crippen molar-refractivity contribution in [3.63, 3.8) is 0 Å². The van der Waals surface area contributed by atoms with Crippen molar-refractivity contribution < 1.29 is 14.3 Å². The number of methoxy groups -OCH3 is 1. The fourth-order valence-electron chi connectivity index (χ4n) is 4.12. The number of pyridine rings is 1. The lowest BCUT2D eigenvalue weighted by atomic mass is 10.0.